The van der Waals surface area contributed by atoms with Gasteiger partial charge in [-0.3, -0.25) is 4.79 Å². The van der Waals surface area contributed by atoms with Gasteiger partial charge < -0.3 is 9.30 Å². The van der Waals surface area contributed by atoms with E-state index in [9.17, 15) is 14.0 Å². The van der Waals surface area contributed by atoms with E-state index in [0.717, 1.165) is 24.2 Å². The van der Waals surface area contributed by atoms with Gasteiger partial charge in [-0.1, -0.05) is 0 Å². The summed E-state index contributed by atoms with van der Waals surface area (Å²) in [4.78, 5) is 24.4. The fourth-order valence-corrected chi connectivity index (χ4v) is 3.41. The van der Waals surface area contributed by atoms with Crippen LogP contribution in [-0.2, 0) is 4.74 Å². The Hall–Kier alpha value is -1.95. The Bertz CT molecular complexity index is 824. The molecule has 1 fully saturated rings. The molecule has 1 aromatic heterocycles. The summed E-state index contributed by atoms with van der Waals surface area (Å²) in [6.45, 7) is 3.55. The number of hydrogen-bond acceptors (Lipinski definition) is 3. The van der Waals surface area contributed by atoms with Crippen LogP contribution in [0.25, 0.3) is 0 Å². The van der Waals surface area contributed by atoms with Gasteiger partial charge in [0, 0.05) is 27.5 Å². The first-order valence-corrected chi connectivity index (χ1v) is 8.51. The number of hydrogen-bond donors (Lipinski definition) is 0. The molecule has 0 aliphatic heterocycles. The van der Waals surface area contributed by atoms with Crippen LogP contribution in [-0.4, -0.2) is 22.9 Å². The van der Waals surface area contributed by atoms with Crippen molar-refractivity contribution in [1.29, 1.82) is 0 Å². The van der Waals surface area contributed by atoms with Gasteiger partial charge in [0.05, 0.1) is 5.56 Å². The summed E-state index contributed by atoms with van der Waals surface area (Å²) in [7, 11) is 0. The average molecular weight is 394 g/mol. The molecular formula is C18H17BrFNO3. The van der Waals surface area contributed by atoms with E-state index in [-0.39, 0.29) is 18.0 Å². The molecular weight excluding hydrogens is 377 g/mol. The molecule has 0 amide bonds. The largest absolute Gasteiger partial charge is 0.454 e. The van der Waals surface area contributed by atoms with Crippen molar-refractivity contribution in [3.05, 3.63) is 57.1 Å². The number of carbonyl (C=O) groups excluding carboxylic acids is 2. The zero-order valence-corrected chi connectivity index (χ0v) is 15.0. The number of esters is 1. The predicted molar refractivity (Wildman–Crippen MR) is 90.9 cm³/mol. The van der Waals surface area contributed by atoms with Gasteiger partial charge in [0.2, 0.25) is 5.78 Å². The smallest absolute Gasteiger partial charge is 0.339 e. The van der Waals surface area contributed by atoms with Crippen molar-refractivity contribution in [3.8, 4) is 0 Å². The number of benzene rings is 1. The highest BCUT2D eigenvalue weighted by Gasteiger charge is 2.28. The minimum atomic E-state index is -0.661. The third kappa shape index (κ3) is 3.29. The Morgan fingerprint density at radius 3 is 2.58 bits per heavy atom. The van der Waals surface area contributed by atoms with Crippen molar-refractivity contribution >= 4 is 27.7 Å². The molecule has 0 radical (unpaired) electrons. The van der Waals surface area contributed by atoms with Crippen molar-refractivity contribution in [1.82, 2.24) is 4.57 Å². The molecule has 1 heterocycles. The van der Waals surface area contributed by atoms with Crippen molar-refractivity contribution < 1.29 is 18.7 Å². The minimum absolute atomic E-state index is 0.188. The quantitative estimate of drug-likeness (QED) is 0.559. The first kappa shape index (κ1) is 16.9. The van der Waals surface area contributed by atoms with E-state index in [1.54, 1.807) is 0 Å². The molecule has 4 nitrogen and oxygen atoms in total. The van der Waals surface area contributed by atoms with Gasteiger partial charge in [-0.15, -0.1) is 0 Å². The SMILES string of the molecule is Cc1cc(C(=O)COC(=O)c2ccc(F)cc2Br)c(C)n1C1CC1. The summed E-state index contributed by atoms with van der Waals surface area (Å²) in [5.41, 5.74) is 2.74. The Kier molecular flexibility index (Phi) is 4.58. The Balaban J connectivity index is 1.69. The second-order valence-electron chi connectivity index (χ2n) is 6.01. The number of aryl methyl sites for hydroxylation is 1. The van der Waals surface area contributed by atoms with E-state index in [2.05, 4.69) is 20.5 Å². The topological polar surface area (TPSA) is 48.3 Å². The Morgan fingerprint density at radius 2 is 1.96 bits per heavy atom. The highest BCUT2D eigenvalue weighted by molar-refractivity contribution is 9.10. The number of halogens is 2. The van der Waals surface area contributed by atoms with Gasteiger partial charge in [-0.25, -0.2) is 9.18 Å². The van der Waals surface area contributed by atoms with E-state index < -0.39 is 11.8 Å². The summed E-state index contributed by atoms with van der Waals surface area (Å²) in [5.74, 6) is -1.35. The van der Waals surface area contributed by atoms with Crippen molar-refractivity contribution in [3.63, 3.8) is 0 Å². The summed E-state index contributed by atoms with van der Waals surface area (Å²) >= 11 is 3.12. The number of aromatic nitrogens is 1. The van der Waals surface area contributed by atoms with Gasteiger partial charge in [0.15, 0.2) is 6.61 Å². The maximum Gasteiger partial charge on any atom is 0.339 e. The molecule has 0 unspecified atom stereocenters. The first-order valence-electron chi connectivity index (χ1n) is 7.72. The number of ether oxygens (including phenoxy) is 1. The molecule has 3 rings (SSSR count). The molecule has 1 aromatic carbocycles. The maximum absolute atomic E-state index is 13.1. The number of Topliss-reactive ketones (excluding diaryl/α,β-unsaturated/α-hetero) is 1. The van der Waals surface area contributed by atoms with E-state index in [0.29, 0.717) is 16.1 Å². The molecule has 2 aromatic rings. The van der Waals surface area contributed by atoms with Crippen LogP contribution in [0.2, 0.25) is 0 Å². The van der Waals surface area contributed by atoms with Crippen LogP contribution in [0.4, 0.5) is 4.39 Å². The van der Waals surface area contributed by atoms with Crippen LogP contribution in [0.1, 0.15) is 51.0 Å². The van der Waals surface area contributed by atoms with E-state index in [1.165, 1.54) is 18.2 Å². The molecule has 6 heteroatoms. The molecule has 0 spiro atoms. The fraction of sp³-hybridized carbons (Fsp3) is 0.333. The van der Waals surface area contributed by atoms with Crippen molar-refractivity contribution in [2.45, 2.75) is 32.7 Å². The summed E-state index contributed by atoms with van der Waals surface area (Å²) in [5, 5.41) is 0. The van der Waals surface area contributed by atoms with Gasteiger partial charge >= 0.3 is 5.97 Å². The third-order valence-electron chi connectivity index (χ3n) is 4.18. The lowest BCUT2D eigenvalue weighted by molar-refractivity contribution is 0.0473. The van der Waals surface area contributed by atoms with Gasteiger partial charge in [-0.05, 0) is 66.9 Å². The predicted octanol–water partition coefficient (Wildman–Crippen LogP) is 4.38. The summed E-state index contributed by atoms with van der Waals surface area (Å²) < 4.78 is 20.6. The van der Waals surface area contributed by atoms with Crippen LogP contribution in [0.3, 0.4) is 0 Å². The van der Waals surface area contributed by atoms with E-state index >= 15 is 0 Å². The second kappa shape index (κ2) is 6.51. The van der Waals surface area contributed by atoms with Crippen LogP contribution in [0.15, 0.2) is 28.7 Å². The van der Waals surface area contributed by atoms with Gasteiger partial charge in [0.1, 0.15) is 5.82 Å². The zero-order valence-electron chi connectivity index (χ0n) is 13.4. The van der Waals surface area contributed by atoms with Crippen LogP contribution in [0, 0.1) is 19.7 Å². The number of ketones is 1. The second-order valence-corrected chi connectivity index (χ2v) is 6.86. The molecule has 0 saturated heterocycles. The van der Waals surface area contributed by atoms with Crippen LogP contribution < -0.4 is 0 Å². The highest BCUT2D eigenvalue weighted by atomic mass is 79.9. The lowest BCUT2D eigenvalue weighted by atomic mass is 10.1. The zero-order chi connectivity index (χ0) is 17.4. The lowest BCUT2D eigenvalue weighted by Crippen LogP contribution is -2.15. The highest BCUT2D eigenvalue weighted by Crippen LogP contribution is 2.38. The van der Waals surface area contributed by atoms with Crippen LogP contribution >= 0.6 is 15.9 Å². The molecule has 0 bridgehead atoms. The minimum Gasteiger partial charge on any atom is -0.454 e. The normalized spacial score (nSPS) is 13.8. The van der Waals surface area contributed by atoms with Crippen molar-refractivity contribution in [2.24, 2.45) is 0 Å². The number of nitrogens with zero attached hydrogens (tertiary/aromatic N) is 1. The van der Waals surface area contributed by atoms with E-state index in [1.807, 2.05) is 19.9 Å². The van der Waals surface area contributed by atoms with Gasteiger partial charge in [-0.2, -0.15) is 0 Å². The molecule has 1 aliphatic carbocycles. The molecule has 0 atom stereocenters. The Morgan fingerprint density at radius 1 is 1.25 bits per heavy atom. The monoisotopic (exact) mass is 393 g/mol. The molecule has 0 N–H and O–H groups in total. The fourth-order valence-electron chi connectivity index (χ4n) is 2.90. The van der Waals surface area contributed by atoms with Crippen molar-refractivity contribution in [2.75, 3.05) is 6.61 Å². The summed E-state index contributed by atoms with van der Waals surface area (Å²) in [6.07, 6.45) is 2.27. The van der Waals surface area contributed by atoms with E-state index in [4.69, 9.17) is 4.74 Å². The first-order chi connectivity index (χ1) is 11.4. The number of carbonyl (C=O) groups is 2. The Labute approximate surface area is 147 Å². The maximum atomic E-state index is 13.1. The average Bonchev–Trinajstić information content (AvgIpc) is 3.30. The third-order valence-corrected chi connectivity index (χ3v) is 4.84. The molecule has 1 saturated carbocycles. The standard InChI is InChI=1S/C18H17BrFNO3/c1-10-7-15(11(2)21(10)13-4-5-13)17(22)9-24-18(23)14-6-3-12(20)8-16(14)19/h3,6-8,13H,4-5,9H2,1-2H3. The summed E-state index contributed by atoms with van der Waals surface area (Å²) in [6, 6.07) is 6.01. The van der Waals surface area contributed by atoms with Gasteiger partial charge in [0.25, 0.3) is 0 Å². The molecule has 1 aliphatic rings. The lowest BCUT2D eigenvalue weighted by Gasteiger charge is -2.08. The molecule has 24 heavy (non-hydrogen) atoms. The van der Waals surface area contributed by atoms with Crippen LogP contribution in [0.5, 0.6) is 0 Å². The molecule has 126 valence electrons. The number of rotatable bonds is 5.